The average molecular weight is 398 g/mol. The lowest BCUT2D eigenvalue weighted by atomic mass is 9.97. The Kier molecular flexibility index (Phi) is 6.35. The molecule has 0 amide bonds. The molecule has 4 aromatic rings. The van der Waals surface area contributed by atoms with Crippen molar-refractivity contribution in [1.82, 2.24) is 9.97 Å². The normalized spacial score (nSPS) is 11.0. The Balaban J connectivity index is 1.83. The minimum Gasteiger partial charge on any atom is -0.477 e. The number of aromatic nitrogens is 2. The molecule has 0 unspecified atom stereocenters. The zero-order valence-corrected chi connectivity index (χ0v) is 17.3. The number of ether oxygens (including phenoxy) is 1. The van der Waals surface area contributed by atoms with Crippen LogP contribution in [-0.4, -0.2) is 16.6 Å². The van der Waals surface area contributed by atoms with Crippen molar-refractivity contribution in [2.45, 2.75) is 32.7 Å². The monoisotopic (exact) mass is 397 g/mol. The minimum absolute atomic E-state index is 0.529. The Labute approximate surface area is 177 Å². The number of fused-ring (bicyclic) bond motifs is 1. The third kappa shape index (κ3) is 4.34. The van der Waals surface area contributed by atoms with Gasteiger partial charge in [0.15, 0.2) is 0 Å². The molecule has 0 fully saturated rings. The van der Waals surface area contributed by atoms with E-state index in [0.717, 1.165) is 51.7 Å². The highest BCUT2D eigenvalue weighted by Crippen LogP contribution is 2.35. The number of pyridine rings is 2. The van der Waals surface area contributed by atoms with Crippen molar-refractivity contribution in [2.24, 2.45) is 5.73 Å². The second kappa shape index (κ2) is 9.51. The summed E-state index contributed by atoms with van der Waals surface area (Å²) in [5, 5.41) is 0.940. The standard InChI is InChI=1S/C26H27N3O/c1-2-3-7-16-30-26-23-17-22(20-8-5-4-6-9-20)25(29-24(23)14-15-28-26)21-12-10-19(18-27)11-13-21/h4-6,8-15,17H,2-3,7,16,18,27H2,1H3. The van der Waals surface area contributed by atoms with E-state index in [9.17, 15) is 0 Å². The Hall–Kier alpha value is -3.24. The second-order valence-corrected chi connectivity index (χ2v) is 7.39. The van der Waals surface area contributed by atoms with Gasteiger partial charge >= 0.3 is 0 Å². The first-order valence-corrected chi connectivity index (χ1v) is 10.6. The Bertz CT molecular complexity index is 1110. The van der Waals surface area contributed by atoms with Crippen LogP contribution in [0.4, 0.5) is 0 Å². The molecule has 0 saturated carbocycles. The largest absolute Gasteiger partial charge is 0.477 e. The fourth-order valence-electron chi connectivity index (χ4n) is 3.56. The van der Waals surface area contributed by atoms with Crippen molar-refractivity contribution >= 4 is 10.9 Å². The first-order chi connectivity index (χ1) is 14.8. The van der Waals surface area contributed by atoms with E-state index in [0.29, 0.717) is 19.0 Å². The maximum Gasteiger partial charge on any atom is 0.222 e. The van der Waals surface area contributed by atoms with Gasteiger partial charge in [-0.15, -0.1) is 0 Å². The molecule has 2 heterocycles. The number of hydrogen-bond acceptors (Lipinski definition) is 4. The van der Waals surface area contributed by atoms with Gasteiger partial charge in [0.1, 0.15) is 0 Å². The fourth-order valence-corrected chi connectivity index (χ4v) is 3.56. The predicted octanol–water partition coefficient (Wildman–Crippen LogP) is 5.99. The fraction of sp³-hybridized carbons (Fsp3) is 0.231. The van der Waals surface area contributed by atoms with Gasteiger partial charge in [-0.05, 0) is 29.7 Å². The quantitative estimate of drug-likeness (QED) is 0.371. The number of unbranched alkanes of at least 4 members (excludes halogenated alkanes) is 2. The molecule has 0 saturated heterocycles. The summed E-state index contributed by atoms with van der Waals surface area (Å²) in [6.45, 7) is 3.39. The lowest BCUT2D eigenvalue weighted by molar-refractivity contribution is 0.299. The molecule has 0 aliphatic heterocycles. The van der Waals surface area contributed by atoms with Crippen LogP contribution < -0.4 is 10.5 Å². The van der Waals surface area contributed by atoms with Gasteiger partial charge in [0.2, 0.25) is 5.88 Å². The van der Waals surface area contributed by atoms with Gasteiger partial charge in [-0.1, -0.05) is 74.4 Å². The average Bonchev–Trinajstić information content (AvgIpc) is 2.81. The van der Waals surface area contributed by atoms with Crippen molar-refractivity contribution in [3.8, 4) is 28.3 Å². The van der Waals surface area contributed by atoms with Gasteiger partial charge in [0, 0.05) is 23.9 Å². The summed E-state index contributed by atoms with van der Waals surface area (Å²) < 4.78 is 6.02. The van der Waals surface area contributed by atoms with Crippen LogP contribution in [-0.2, 0) is 6.54 Å². The summed E-state index contributed by atoms with van der Waals surface area (Å²) in [7, 11) is 0. The molecule has 2 N–H and O–H groups in total. The van der Waals surface area contributed by atoms with E-state index in [2.05, 4.69) is 54.4 Å². The van der Waals surface area contributed by atoms with E-state index in [1.54, 1.807) is 6.20 Å². The summed E-state index contributed by atoms with van der Waals surface area (Å²) in [5.41, 5.74) is 12.0. The molecule has 0 atom stereocenters. The highest BCUT2D eigenvalue weighted by Gasteiger charge is 2.14. The smallest absolute Gasteiger partial charge is 0.222 e. The minimum atomic E-state index is 0.529. The molecular formula is C26H27N3O. The molecule has 0 radical (unpaired) electrons. The van der Waals surface area contributed by atoms with Crippen molar-refractivity contribution in [2.75, 3.05) is 6.61 Å². The molecule has 2 aromatic heterocycles. The van der Waals surface area contributed by atoms with Crippen LogP contribution in [0.15, 0.2) is 72.9 Å². The zero-order valence-electron chi connectivity index (χ0n) is 17.3. The molecule has 0 aliphatic rings. The van der Waals surface area contributed by atoms with Gasteiger partial charge in [0.25, 0.3) is 0 Å². The molecule has 152 valence electrons. The lowest BCUT2D eigenvalue weighted by Crippen LogP contribution is -2.01. The topological polar surface area (TPSA) is 61.0 Å². The molecule has 2 aromatic carbocycles. The van der Waals surface area contributed by atoms with Crippen LogP contribution in [0.25, 0.3) is 33.3 Å². The summed E-state index contributed by atoms with van der Waals surface area (Å²) in [5.74, 6) is 0.651. The molecule has 4 nitrogen and oxygen atoms in total. The van der Waals surface area contributed by atoms with E-state index in [1.807, 2.05) is 24.3 Å². The first kappa shape index (κ1) is 20.0. The molecule has 0 spiro atoms. The number of nitrogens with zero attached hydrogens (tertiary/aromatic N) is 2. The Morgan fingerprint density at radius 1 is 0.900 bits per heavy atom. The van der Waals surface area contributed by atoms with Gasteiger partial charge < -0.3 is 10.5 Å². The van der Waals surface area contributed by atoms with Gasteiger partial charge in [0.05, 0.1) is 23.2 Å². The van der Waals surface area contributed by atoms with E-state index < -0.39 is 0 Å². The molecular weight excluding hydrogens is 370 g/mol. The highest BCUT2D eigenvalue weighted by atomic mass is 16.5. The molecule has 4 heteroatoms. The van der Waals surface area contributed by atoms with Crippen molar-refractivity contribution in [1.29, 1.82) is 0 Å². The SMILES string of the molecule is CCCCCOc1nccc2nc(-c3ccc(CN)cc3)c(-c3ccccc3)cc12. The third-order valence-electron chi connectivity index (χ3n) is 5.24. The van der Waals surface area contributed by atoms with Gasteiger partial charge in [-0.25, -0.2) is 9.97 Å². The van der Waals surface area contributed by atoms with Gasteiger partial charge in [-0.2, -0.15) is 0 Å². The number of hydrogen-bond donors (Lipinski definition) is 1. The molecule has 30 heavy (non-hydrogen) atoms. The maximum atomic E-state index is 6.02. The lowest BCUT2D eigenvalue weighted by Gasteiger charge is -2.14. The van der Waals surface area contributed by atoms with Crippen molar-refractivity contribution < 1.29 is 4.74 Å². The molecule has 0 aliphatic carbocycles. The van der Waals surface area contributed by atoms with Gasteiger partial charge in [-0.3, -0.25) is 0 Å². The predicted molar refractivity (Wildman–Crippen MR) is 123 cm³/mol. The zero-order chi connectivity index (χ0) is 20.8. The van der Waals surface area contributed by atoms with Crippen LogP contribution in [0.5, 0.6) is 5.88 Å². The third-order valence-corrected chi connectivity index (χ3v) is 5.24. The summed E-state index contributed by atoms with van der Waals surface area (Å²) in [4.78, 5) is 9.52. The van der Waals surface area contributed by atoms with Crippen LogP contribution in [0.3, 0.4) is 0 Å². The summed E-state index contributed by atoms with van der Waals surface area (Å²) >= 11 is 0. The van der Waals surface area contributed by atoms with E-state index in [4.69, 9.17) is 15.5 Å². The number of benzene rings is 2. The Morgan fingerprint density at radius 2 is 1.70 bits per heavy atom. The highest BCUT2D eigenvalue weighted by molar-refractivity contribution is 5.93. The second-order valence-electron chi connectivity index (χ2n) is 7.39. The van der Waals surface area contributed by atoms with Crippen LogP contribution in [0.2, 0.25) is 0 Å². The first-order valence-electron chi connectivity index (χ1n) is 10.6. The molecule has 0 bridgehead atoms. The maximum absolute atomic E-state index is 6.02. The Morgan fingerprint density at radius 3 is 2.43 bits per heavy atom. The summed E-state index contributed by atoms with van der Waals surface area (Å²) in [6.07, 6.45) is 5.12. The van der Waals surface area contributed by atoms with Crippen LogP contribution in [0, 0.1) is 0 Å². The number of rotatable bonds is 8. The van der Waals surface area contributed by atoms with E-state index in [1.165, 1.54) is 6.42 Å². The van der Waals surface area contributed by atoms with Crippen molar-refractivity contribution in [3.05, 3.63) is 78.5 Å². The van der Waals surface area contributed by atoms with Crippen LogP contribution >= 0.6 is 0 Å². The molecule has 4 rings (SSSR count). The van der Waals surface area contributed by atoms with Crippen LogP contribution in [0.1, 0.15) is 31.7 Å². The summed E-state index contributed by atoms with van der Waals surface area (Å²) in [6, 6.07) is 22.7. The van der Waals surface area contributed by atoms with E-state index >= 15 is 0 Å². The van der Waals surface area contributed by atoms with E-state index in [-0.39, 0.29) is 0 Å². The van der Waals surface area contributed by atoms with Crippen molar-refractivity contribution in [3.63, 3.8) is 0 Å². The number of nitrogens with two attached hydrogens (primary N) is 1.